The Morgan fingerprint density at radius 1 is 0.828 bits per heavy atom. The Balaban J connectivity index is 2.71. The average molecular weight is 412 g/mol. The van der Waals surface area contributed by atoms with Gasteiger partial charge in [0.2, 0.25) is 0 Å². The summed E-state index contributed by atoms with van der Waals surface area (Å²) >= 11 is 0. The van der Waals surface area contributed by atoms with Gasteiger partial charge in [0.25, 0.3) is 0 Å². The number of hydrogen-bond donors (Lipinski definition) is 4. The lowest BCUT2D eigenvalue weighted by Crippen LogP contribution is -2.79. The van der Waals surface area contributed by atoms with E-state index >= 15 is 0 Å². The van der Waals surface area contributed by atoms with Crippen molar-refractivity contribution in [1.82, 2.24) is 0 Å². The molecule has 29 heavy (non-hydrogen) atoms. The maximum absolute atomic E-state index is 12.7. The summed E-state index contributed by atoms with van der Waals surface area (Å²) in [6.45, 7) is 5.45. The van der Waals surface area contributed by atoms with Crippen molar-refractivity contribution in [2.75, 3.05) is 0 Å². The van der Waals surface area contributed by atoms with E-state index in [0.29, 0.717) is 25.7 Å². The van der Waals surface area contributed by atoms with Crippen molar-refractivity contribution >= 4 is 23.9 Å². The summed E-state index contributed by atoms with van der Waals surface area (Å²) in [4.78, 5) is 49.0. The van der Waals surface area contributed by atoms with Crippen LogP contribution in [0.1, 0.15) is 72.1 Å². The molecule has 0 heterocycles. The summed E-state index contributed by atoms with van der Waals surface area (Å²) in [7, 11) is 0. The van der Waals surface area contributed by atoms with Gasteiger partial charge in [-0.2, -0.15) is 0 Å². The fraction of sp³-hybridized carbons (Fsp3) is 0.810. The molecule has 6 unspecified atom stereocenters. The predicted molar refractivity (Wildman–Crippen MR) is 102 cm³/mol. The van der Waals surface area contributed by atoms with Gasteiger partial charge in [-0.1, -0.05) is 46.5 Å². The zero-order valence-corrected chi connectivity index (χ0v) is 17.3. The smallest absolute Gasteiger partial charge is 0.311 e. The van der Waals surface area contributed by atoms with Crippen LogP contribution in [0.2, 0.25) is 0 Å². The van der Waals surface area contributed by atoms with Gasteiger partial charge in [-0.15, -0.1) is 0 Å². The maximum Gasteiger partial charge on any atom is 0.311 e. The third kappa shape index (κ3) is 2.94. The first kappa shape index (κ1) is 23.2. The van der Waals surface area contributed by atoms with Gasteiger partial charge in [0.1, 0.15) is 0 Å². The third-order valence-electron chi connectivity index (χ3n) is 7.93. The lowest BCUT2D eigenvalue weighted by molar-refractivity contribution is -0.297. The highest BCUT2D eigenvalue weighted by Gasteiger charge is 2.84. The van der Waals surface area contributed by atoms with Crippen molar-refractivity contribution < 1.29 is 39.6 Å². The molecule has 0 amide bonds. The first-order chi connectivity index (χ1) is 13.5. The summed E-state index contributed by atoms with van der Waals surface area (Å²) in [6, 6.07) is 0. The van der Waals surface area contributed by atoms with E-state index in [1.165, 1.54) is 0 Å². The standard InChI is InChI=1S/C21H32O8/c1-4-6-8-20(17(26)27)14-10-12(15(22)23)13(16(24)25)11-19(14,3)21(20,18(28)29)9-7-5-2/h12-14H,4-11H2,1-3H3,(H,22,23)(H,24,25)(H,26,27)(H,28,29). The Kier molecular flexibility index (Phi) is 6.35. The first-order valence-electron chi connectivity index (χ1n) is 10.4. The van der Waals surface area contributed by atoms with Gasteiger partial charge in [0.05, 0.1) is 22.7 Å². The molecule has 2 aliphatic carbocycles. The van der Waals surface area contributed by atoms with E-state index in [9.17, 15) is 39.6 Å². The number of carboxylic acid groups (broad SMARTS) is 4. The second-order valence-corrected chi connectivity index (χ2v) is 8.99. The fourth-order valence-corrected chi connectivity index (χ4v) is 6.67. The molecule has 8 nitrogen and oxygen atoms in total. The molecule has 164 valence electrons. The van der Waals surface area contributed by atoms with E-state index in [2.05, 4.69) is 0 Å². The van der Waals surface area contributed by atoms with Crippen LogP contribution in [0.15, 0.2) is 0 Å². The molecule has 4 N–H and O–H groups in total. The molecular weight excluding hydrogens is 380 g/mol. The van der Waals surface area contributed by atoms with Crippen LogP contribution < -0.4 is 0 Å². The van der Waals surface area contributed by atoms with Crippen molar-refractivity contribution in [3.8, 4) is 0 Å². The van der Waals surface area contributed by atoms with Crippen LogP contribution in [-0.4, -0.2) is 44.3 Å². The first-order valence-corrected chi connectivity index (χ1v) is 10.4. The number of rotatable bonds is 10. The number of carbonyl (C=O) groups is 4. The average Bonchev–Trinajstić information content (AvgIpc) is 2.62. The SMILES string of the molecule is CCCCC1(C(=O)O)C2CC(C(=O)O)C(C(=O)O)CC2(C)C1(CCCC)C(=O)O. The van der Waals surface area contributed by atoms with Crippen LogP contribution in [0.4, 0.5) is 0 Å². The highest BCUT2D eigenvalue weighted by molar-refractivity contribution is 5.92. The quantitative estimate of drug-likeness (QED) is 0.427. The molecule has 0 aliphatic heterocycles. The van der Waals surface area contributed by atoms with Crippen LogP contribution in [-0.2, 0) is 19.2 Å². The second-order valence-electron chi connectivity index (χ2n) is 8.99. The number of hydrogen-bond acceptors (Lipinski definition) is 4. The number of unbranched alkanes of at least 4 members (excludes halogenated alkanes) is 2. The van der Waals surface area contributed by atoms with Crippen LogP contribution in [0.5, 0.6) is 0 Å². The van der Waals surface area contributed by atoms with Crippen molar-refractivity contribution in [2.45, 2.75) is 72.1 Å². The molecular formula is C21H32O8. The van der Waals surface area contributed by atoms with Crippen molar-refractivity contribution in [1.29, 1.82) is 0 Å². The molecule has 0 aromatic rings. The van der Waals surface area contributed by atoms with Crippen molar-refractivity contribution in [3.63, 3.8) is 0 Å². The van der Waals surface area contributed by atoms with E-state index in [1.54, 1.807) is 6.92 Å². The molecule has 6 atom stereocenters. The lowest BCUT2D eigenvalue weighted by atomic mass is 9.26. The van der Waals surface area contributed by atoms with Crippen LogP contribution in [0.3, 0.4) is 0 Å². The zero-order chi connectivity index (χ0) is 22.2. The molecule has 2 aliphatic rings. The zero-order valence-electron chi connectivity index (χ0n) is 17.3. The molecule has 0 bridgehead atoms. The molecule has 0 aromatic carbocycles. The molecule has 2 fully saturated rings. The molecule has 0 aromatic heterocycles. The van der Waals surface area contributed by atoms with Gasteiger partial charge in [0, 0.05) is 0 Å². The topological polar surface area (TPSA) is 149 Å². The summed E-state index contributed by atoms with van der Waals surface area (Å²) in [6.07, 6.45) is 2.42. The Morgan fingerprint density at radius 2 is 1.34 bits per heavy atom. The Morgan fingerprint density at radius 3 is 1.76 bits per heavy atom. The second kappa shape index (κ2) is 7.95. The van der Waals surface area contributed by atoms with Gasteiger partial charge >= 0.3 is 23.9 Å². The van der Waals surface area contributed by atoms with E-state index in [1.807, 2.05) is 13.8 Å². The van der Waals surface area contributed by atoms with Crippen LogP contribution in [0, 0.1) is 34.0 Å². The Bertz CT molecular complexity index is 703. The minimum atomic E-state index is -1.61. The summed E-state index contributed by atoms with van der Waals surface area (Å²) in [5.41, 5.74) is -4.29. The monoisotopic (exact) mass is 412 g/mol. The van der Waals surface area contributed by atoms with Gasteiger partial charge < -0.3 is 20.4 Å². The minimum Gasteiger partial charge on any atom is -0.481 e. The molecule has 2 rings (SSSR count). The van der Waals surface area contributed by atoms with E-state index in [0.717, 1.165) is 0 Å². The normalized spacial score (nSPS) is 38.5. The Labute approximate surface area is 170 Å². The van der Waals surface area contributed by atoms with Gasteiger partial charge in [-0.25, -0.2) is 0 Å². The van der Waals surface area contributed by atoms with Gasteiger partial charge in [-0.05, 0) is 37.0 Å². The van der Waals surface area contributed by atoms with Gasteiger partial charge in [-0.3, -0.25) is 19.2 Å². The predicted octanol–water partition coefficient (Wildman–Crippen LogP) is 3.34. The van der Waals surface area contributed by atoms with Crippen molar-refractivity contribution in [2.24, 2.45) is 34.0 Å². The largest absolute Gasteiger partial charge is 0.481 e. The van der Waals surface area contributed by atoms with E-state index in [-0.39, 0.29) is 25.7 Å². The minimum absolute atomic E-state index is 0.125. The lowest BCUT2D eigenvalue weighted by Gasteiger charge is -2.74. The maximum atomic E-state index is 12.7. The molecule has 8 heteroatoms. The third-order valence-corrected chi connectivity index (χ3v) is 7.93. The molecule has 0 radical (unpaired) electrons. The molecule has 2 saturated carbocycles. The fourth-order valence-electron chi connectivity index (χ4n) is 6.67. The summed E-state index contributed by atoms with van der Waals surface area (Å²) in [5.74, 6) is -8.09. The summed E-state index contributed by atoms with van der Waals surface area (Å²) in [5, 5.41) is 39.9. The number of aliphatic carboxylic acids is 4. The number of fused-ring (bicyclic) bond motifs is 1. The molecule has 0 spiro atoms. The van der Waals surface area contributed by atoms with Crippen molar-refractivity contribution in [3.05, 3.63) is 0 Å². The van der Waals surface area contributed by atoms with E-state index in [4.69, 9.17) is 0 Å². The van der Waals surface area contributed by atoms with E-state index < -0.39 is 57.9 Å². The van der Waals surface area contributed by atoms with Crippen LogP contribution in [0.25, 0.3) is 0 Å². The number of carboxylic acids is 4. The summed E-state index contributed by atoms with van der Waals surface area (Å²) < 4.78 is 0. The van der Waals surface area contributed by atoms with Gasteiger partial charge in [0.15, 0.2) is 0 Å². The highest BCUT2D eigenvalue weighted by atomic mass is 16.4. The molecule has 0 saturated heterocycles. The highest BCUT2D eigenvalue weighted by Crippen LogP contribution is 2.80. The Hall–Kier alpha value is -2.12. The van der Waals surface area contributed by atoms with Crippen LogP contribution >= 0.6 is 0 Å².